The van der Waals surface area contributed by atoms with E-state index in [1.54, 1.807) is 6.08 Å². The van der Waals surface area contributed by atoms with E-state index in [-0.39, 0.29) is 12.5 Å². The fourth-order valence-electron chi connectivity index (χ4n) is 9.57. The molecule has 0 spiro atoms. The minimum atomic E-state index is -1.58. The van der Waals surface area contributed by atoms with Crippen LogP contribution in [0.3, 0.4) is 0 Å². The van der Waals surface area contributed by atoms with Gasteiger partial charge in [0.15, 0.2) is 6.29 Å². The first-order valence-electron chi connectivity index (χ1n) is 32.1. The predicted molar refractivity (Wildman–Crippen MR) is 331 cm³/mol. The Morgan fingerprint density at radius 2 is 0.808 bits per heavy atom. The summed E-state index contributed by atoms with van der Waals surface area (Å²) in [6.07, 6.45) is 77.4. The van der Waals surface area contributed by atoms with Gasteiger partial charge in [-0.15, -0.1) is 0 Å². The van der Waals surface area contributed by atoms with Crippen LogP contribution in [0.4, 0.5) is 0 Å². The minimum absolute atomic E-state index is 0.200. The molecule has 1 fully saturated rings. The van der Waals surface area contributed by atoms with Crippen molar-refractivity contribution in [2.45, 2.75) is 307 Å². The Morgan fingerprint density at radius 3 is 1.23 bits per heavy atom. The number of unbranched alkanes of at least 4 members (excludes halogenated alkanes) is 28. The van der Waals surface area contributed by atoms with Crippen molar-refractivity contribution in [3.8, 4) is 0 Å². The summed E-state index contributed by atoms with van der Waals surface area (Å²) in [5.41, 5.74) is 0. The quantitative estimate of drug-likeness (QED) is 0.0261. The van der Waals surface area contributed by atoms with E-state index in [1.807, 2.05) is 6.08 Å². The van der Waals surface area contributed by atoms with E-state index < -0.39 is 49.5 Å². The molecule has 1 amide bonds. The zero-order valence-corrected chi connectivity index (χ0v) is 49.9. The average Bonchev–Trinajstić information content (AvgIpc) is 3.45. The number of nitrogens with one attached hydrogen (secondary N) is 1. The number of hydrogen-bond acceptors (Lipinski definition) is 8. The molecule has 0 aromatic carbocycles. The molecule has 1 saturated heterocycles. The van der Waals surface area contributed by atoms with Crippen LogP contribution in [0, 0.1) is 0 Å². The molecule has 448 valence electrons. The molecule has 0 aliphatic carbocycles. The van der Waals surface area contributed by atoms with Crippen LogP contribution in [-0.4, -0.2) is 87.5 Å². The summed E-state index contributed by atoms with van der Waals surface area (Å²) >= 11 is 0. The largest absolute Gasteiger partial charge is 0.394 e. The van der Waals surface area contributed by atoms with Crippen molar-refractivity contribution < 1.29 is 39.8 Å². The van der Waals surface area contributed by atoms with E-state index in [9.17, 15) is 30.3 Å². The van der Waals surface area contributed by atoms with E-state index in [0.29, 0.717) is 6.42 Å². The molecule has 0 saturated carbocycles. The molecular formula is C69H119NO8. The van der Waals surface area contributed by atoms with E-state index >= 15 is 0 Å². The van der Waals surface area contributed by atoms with Gasteiger partial charge >= 0.3 is 0 Å². The molecule has 9 nitrogen and oxygen atoms in total. The number of carbonyl (C=O) groups is 1. The summed E-state index contributed by atoms with van der Waals surface area (Å²) in [6, 6.07) is -0.837. The number of carbonyl (C=O) groups excluding carboxylic acids is 1. The molecule has 0 bridgehead atoms. The van der Waals surface area contributed by atoms with Gasteiger partial charge in [0.1, 0.15) is 24.4 Å². The van der Waals surface area contributed by atoms with Crippen molar-refractivity contribution in [3.63, 3.8) is 0 Å². The number of aliphatic hydroxyl groups excluding tert-OH is 5. The van der Waals surface area contributed by atoms with Crippen molar-refractivity contribution in [2.75, 3.05) is 13.2 Å². The first-order valence-corrected chi connectivity index (χ1v) is 32.1. The Balaban J connectivity index is 2.23. The van der Waals surface area contributed by atoms with Crippen LogP contribution in [0.5, 0.6) is 0 Å². The van der Waals surface area contributed by atoms with Crippen LogP contribution in [0.2, 0.25) is 0 Å². The van der Waals surface area contributed by atoms with Crippen molar-refractivity contribution in [1.82, 2.24) is 5.32 Å². The molecule has 1 rings (SSSR count). The minimum Gasteiger partial charge on any atom is -0.394 e. The lowest BCUT2D eigenvalue weighted by atomic mass is 9.99. The second kappa shape index (κ2) is 57.1. The predicted octanol–water partition coefficient (Wildman–Crippen LogP) is 16.9. The van der Waals surface area contributed by atoms with Gasteiger partial charge < -0.3 is 40.3 Å². The zero-order valence-electron chi connectivity index (χ0n) is 49.9. The molecule has 7 atom stereocenters. The van der Waals surface area contributed by atoms with E-state index in [2.05, 4.69) is 116 Å². The van der Waals surface area contributed by atoms with Gasteiger partial charge in [-0.05, 0) is 89.9 Å². The van der Waals surface area contributed by atoms with Crippen LogP contribution >= 0.6 is 0 Å². The lowest BCUT2D eigenvalue weighted by Gasteiger charge is -2.40. The molecule has 1 aliphatic rings. The third kappa shape index (κ3) is 45.6. The molecule has 7 unspecified atom stereocenters. The fraction of sp³-hybridized carbons (Fsp3) is 0.725. The first kappa shape index (κ1) is 72.9. The van der Waals surface area contributed by atoms with Crippen LogP contribution < -0.4 is 5.32 Å². The van der Waals surface area contributed by atoms with Gasteiger partial charge in [0, 0.05) is 6.42 Å². The summed E-state index contributed by atoms with van der Waals surface area (Å²) in [5, 5.41) is 54.6. The fourth-order valence-corrected chi connectivity index (χ4v) is 9.57. The zero-order chi connectivity index (χ0) is 56.5. The number of aliphatic hydroxyl groups is 5. The Hall–Kier alpha value is -3.15. The van der Waals surface area contributed by atoms with E-state index in [0.717, 1.165) is 96.3 Å². The lowest BCUT2D eigenvalue weighted by molar-refractivity contribution is -0.302. The lowest BCUT2D eigenvalue weighted by Crippen LogP contribution is -2.60. The number of amides is 1. The Kier molecular flexibility index (Phi) is 53.3. The molecule has 0 aromatic rings. The normalized spacial score (nSPS) is 19.4. The Morgan fingerprint density at radius 1 is 0.449 bits per heavy atom. The van der Waals surface area contributed by atoms with Gasteiger partial charge in [0.2, 0.25) is 5.91 Å². The van der Waals surface area contributed by atoms with Crippen molar-refractivity contribution in [3.05, 3.63) is 109 Å². The van der Waals surface area contributed by atoms with Crippen molar-refractivity contribution in [2.24, 2.45) is 0 Å². The molecule has 6 N–H and O–H groups in total. The third-order valence-corrected chi connectivity index (χ3v) is 14.6. The highest BCUT2D eigenvalue weighted by Crippen LogP contribution is 2.23. The monoisotopic (exact) mass is 1090 g/mol. The summed E-state index contributed by atoms with van der Waals surface area (Å²) in [7, 11) is 0. The van der Waals surface area contributed by atoms with E-state index in [1.165, 1.54) is 148 Å². The number of allylic oxidation sites excluding steroid dienone is 17. The van der Waals surface area contributed by atoms with E-state index in [4.69, 9.17) is 9.47 Å². The van der Waals surface area contributed by atoms with Crippen LogP contribution in [-0.2, 0) is 14.3 Å². The maximum Gasteiger partial charge on any atom is 0.220 e. The Bertz CT molecular complexity index is 1590. The average molecular weight is 1090 g/mol. The summed E-state index contributed by atoms with van der Waals surface area (Å²) < 4.78 is 11.3. The maximum atomic E-state index is 13.1. The highest BCUT2D eigenvalue weighted by molar-refractivity contribution is 5.76. The van der Waals surface area contributed by atoms with Gasteiger partial charge in [-0.2, -0.15) is 0 Å². The number of rotatable bonds is 54. The standard InChI is InChI=1S/C69H119NO8/c1-3-5-7-9-11-13-15-17-19-21-23-25-27-29-31-32-33-35-37-39-41-43-45-47-49-51-53-55-57-59-65(73)70-62(61-77-69-68(76)67(75)66(74)64(60-71)78-69)63(72)58-56-54-52-50-48-46-44-42-40-38-36-34-30-28-26-24-22-20-18-16-14-12-10-8-6-4-2/h5,7,11,13,17,19,23,25,29,31,33,35,39,41,48,50,56,58,62-64,66-69,71-72,74-76H,3-4,6,8-10,12,14-16,18,20-22,24,26-28,30,32,34,36-38,40,42-47,49,51-55,57,59-61H2,1-2H3,(H,70,73)/b7-5-,13-11-,19-17-,25-23-,31-29-,35-33-,41-39-,50-48+,58-56+. The maximum absolute atomic E-state index is 13.1. The third-order valence-electron chi connectivity index (χ3n) is 14.6. The number of ether oxygens (including phenoxy) is 2. The highest BCUT2D eigenvalue weighted by atomic mass is 16.7. The summed E-state index contributed by atoms with van der Waals surface area (Å²) in [6.45, 7) is 3.66. The molecule has 1 heterocycles. The topological polar surface area (TPSA) is 149 Å². The Labute approximate surface area is 478 Å². The van der Waals surface area contributed by atoms with Gasteiger partial charge in [-0.25, -0.2) is 0 Å². The highest BCUT2D eigenvalue weighted by Gasteiger charge is 2.44. The van der Waals surface area contributed by atoms with Gasteiger partial charge in [-0.1, -0.05) is 277 Å². The second-order valence-electron chi connectivity index (χ2n) is 21.8. The number of hydrogen-bond donors (Lipinski definition) is 6. The van der Waals surface area contributed by atoms with Crippen molar-refractivity contribution >= 4 is 5.91 Å². The van der Waals surface area contributed by atoms with Crippen LogP contribution in [0.15, 0.2) is 109 Å². The molecule has 0 aromatic heterocycles. The van der Waals surface area contributed by atoms with Gasteiger partial charge in [-0.3, -0.25) is 4.79 Å². The molecule has 0 radical (unpaired) electrons. The second-order valence-corrected chi connectivity index (χ2v) is 21.8. The molecule has 1 aliphatic heterocycles. The molecule has 9 heteroatoms. The molecule has 78 heavy (non-hydrogen) atoms. The summed E-state index contributed by atoms with van der Waals surface area (Å²) in [5.74, 6) is -0.200. The SMILES string of the molecule is CC/C=C\C/C=C\C/C=C\C/C=C\C/C=C\C/C=C\C/C=C\CCCCCCCCCC(=O)NC(COC1OC(CO)C(O)C(O)C1O)C(O)/C=C/CC/C=C/CCCCCCCCCCCCCCCCCCCCCC. The van der Waals surface area contributed by atoms with Crippen LogP contribution in [0.1, 0.15) is 264 Å². The van der Waals surface area contributed by atoms with Gasteiger partial charge in [0.05, 0.1) is 25.4 Å². The molecular weight excluding hydrogens is 971 g/mol. The van der Waals surface area contributed by atoms with Crippen molar-refractivity contribution in [1.29, 1.82) is 0 Å². The van der Waals surface area contributed by atoms with Gasteiger partial charge in [0.25, 0.3) is 0 Å². The van der Waals surface area contributed by atoms with Crippen LogP contribution in [0.25, 0.3) is 0 Å². The first-order chi connectivity index (χ1) is 38.3. The smallest absolute Gasteiger partial charge is 0.220 e. The summed E-state index contributed by atoms with van der Waals surface area (Å²) in [4.78, 5) is 13.1.